The maximum Gasteiger partial charge on any atom is 0.0662 e. The second kappa shape index (κ2) is 6.99. The minimum absolute atomic E-state index is 0.211. The molecule has 0 amide bonds. The van der Waals surface area contributed by atoms with Crippen molar-refractivity contribution in [1.29, 1.82) is 0 Å². The van der Waals surface area contributed by atoms with Crippen LogP contribution in [0.1, 0.15) is 13.3 Å². The van der Waals surface area contributed by atoms with Crippen molar-refractivity contribution in [2.75, 3.05) is 26.8 Å². The van der Waals surface area contributed by atoms with Crippen molar-refractivity contribution in [1.82, 2.24) is 5.32 Å². The average Bonchev–Trinajstić information content (AvgIpc) is 1.98. The Balaban J connectivity index is 2.89. The molecular formula is C7H17NO2. The first kappa shape index (κ1) is 9.88. The Morgan fingerprint density at radius 2 is 2.30 bits per heavy atom. The van der Waals surface area contributed by atoms with Gasteiger partial charge in [0.15, 0.2) is 0 Å². The van der Waals surface area contributed by atoms with Gasteiger partial charge in [-0.3, -0.25) is 0 Å². The zero-order valence-corrected chi connectivity index (χ0v) is 6.76. The van der Waals surface area contributed by atoms with Gasteiger partial charge < -0.3 is 15.2 Å². The molecule has 0 spiro atoms. The van der Waals surface area contributed by atoms with Gasteiger partial charge in [0.05, 0.1) is 12.7 Å². The molecule has 0 aromatic rings. The zero-order chi connectivity index (χ0) is 7.82. The number of ether oxygens (including phenoxy) is 1. The first-order chi connectivity index (χ1) is 4.81. The molecule has 0 aliphatic rings. The summed E-state index contributed by atoms with van der Waals surface area (Å²) >= 11 is 0. The van der Waals surface area contributed by atoms with Crippen LogP contribution in [0.5, 0.6) is 0 Å². The molecule has 0 unspecified atom stereocenters. The third kappa shape index (κ3) is 6.01. The topological polar surface area (TPSA) is 41.5 Å². The van der Waals surface area contributed by atoms with Crippen molar-refractivity contribution >= 4 is 0 Å². The fourth-order valence-corrected chi connectivity index (χ4v) is 0.587. The van der Waals surface area contributed by atoms with Crippen LogP contribution in [0.2, 0.25) is 0 Å². The summed E-state index contributed by atoms with van der Waals surface area (Å²) in [5.41, 5.74) is 0. The Kier molecular flexibility index (Phi) is 6.91. The standard InChI is InChI=1S/C7H17NO2/c1-3-7(9)6-8-4-5-10-2/h7-9H,3-6H2,1-2H3/t7-/m0/s1. The molecule has 0 aliphatic carbocycles. The summed E-state index contributed by atoms with van der Waals surface area (Å²) in [5, 5.41) is 12.1. The average molecular weight is 147 g/mol. The van der Waals surface area contributed by atoms with Gasteiger partial charge in [0.1, 0.15) is 0 Å². The van der Waals surface area contributed by atoms with Crippen LogP contribution in [0.15, 0.2) is 0 Å². The molecule has 1 atom stereocenters. The Labute approximate surface area is 62.4 Å². The lowest BCUT2D eigenvalue weighted by atomic mass is 10.3. The predicted octanol–water partition coefficient (Wildman–Crippen LogP) is -0.00670. The van der Waals surface area contributed by atoms with E-state index in [9.17, 15) is 0 Å². The number of aliphatic hydroxyl groups excluding tert-OH is 1. The van der Waals surface area contributed by atoms with E-state index in [0.717, 1.165) is 13.0 Å². The highest BCUT2D eigenvalue weighted by Gasteiger charge is 1.97. The van der Waals surface area contributed by atoms with Gasteiger partial charge >= 0.3 is 0 Å². The van der Waals surface area contributed by atoms with Gasteiger partial charge in [-0.15, -0.1) is 0 Å². The minimum Gasteiger partial charge on any atom is -0.392 e. The molecule has 3 heteroatoms. The normalized spacial score (nSPS) is 13.5. The van der Waals surface area contributed by atoms with Crippen molar-refractivity contribution in [3.63, 3.8) is 0 Å². The van der Waals surface area contributed by atoms with E-state index < -0.39 is 0 Å². The second-order valence-electron chi connectivity index (χ2n) is 2.26. The van der Waals surface area contributed by atoms with E-state index in [1.165, 1.54) is 0 Å². The molecule has 0 aromatic carbocycles. The quantitative estimate of drug-likeness (QED) is 0.519. The molecule has 0 aliphatic heterocycles. The van der Waals surface area contributed by atoms with Crippen LogP contribution in [0.3, 0.4) is 0 Å². The van der Waals surface area contributed by atoms with Gasteiger partial charge in [-0.25, -0.2) is 0 Å². The highest BCUT2D eigenvalue weighted by Crippen LogP contribution is 1.85. The number of hydrogen-bond donors (Lipinski definition) is 2. The Morgan fingerprint density at radius 3 is 2.80 bits per heavy atom. The van der Waals surface area contributed by atoms with Gasteiger partial charge in [-0.1, -0.05) is 6.92 Å². The van der Waals surface area contributed by atoms with Gasteiger partial charge in [-0.05, 0) is 6.42 Å². The van der Waals surface area contributed by atoms with Gasteiger partial charge in [0, 0.05) is 20.2 Å². The molecule has 0 fully saturated rings. The van der Waals surface area contributed by atoms with Crippen LogP contribution in [-0.4, -0.2) is 38.0 Å². The molecule has 0 radical (unpaired) electrons. The van der Waals surface area contributed by atoms with Crippen molar-refractivity contribution in [2.45, 2.75) is 19.4 Å². The molecule has 0 rings (SSSR count). The molecule has 10 heavy (non-hydrogen) atoms. The van der Waals surface area contributed by atoms with Crippen LogP contribution >= 0.6 is 0 Å². The smallest absolute Gasteiger partial charge is 0.0662 e. The maximum absolute atomic E-state index is 9.05. The van der Waals surface area contributed by atoms with Crippen molar-refractivity contribution in [3.05, 3.63) is 0 Å². The molecule has 3 nitrogen and oxygen atoms in total. The lowest BCUT2D eigenvalue weighted by molar-refractivity contribution is 0.156. The van der Waals surface area contributed by atoms with Crippen LogP contribution in [0, 0.1) is 0 Å². The van der Waals surface area contributed by atoms with Crippen molar-refractivity contribution in [3.8, 4) is 0 Å². The molecule has 0 bridgehead atoms. The van der Waals surface area contributed by atoms with Gasteiger partial charge in [0.2, 0.25) is 0 Å². The number of rotatable bonds is 6. The molecule has 0 saturated carbocycles. The maximum atomic E-state index is 9.05. The highest BCUT2D eigenvalue weighted by atomic mass is 16.5. The first-order valence-electron chi connectivity index (χ1n) is 3.69. The van der Waals surface area contributed by atoms with E-state index in [0.29, 0.717) is 13.2 Å². The third-order valence-corrected chi connectivity index (χ3v) is 1.33. The number of hydrogen-bond acceptors (Lipinski definition) is 3. The van der Waals surface area contributed by atoms with Gasteiger partial charge in [0.25, 0.3) is 0 Å². The van der Waals surface area contributed by atoms with Crippen molar-refractivity contribution in [2.24, 2.45) is 0 Å². The van der Waals surface area contributed by atoms with E-state index in [2.05, 4.69) is 5.32 Å². The second-order valence-corrected chi connectivity index (χ2v) is 2.26. The molecule has 0 saturated heterocycles. The van der Waals surface area contributed by atoms with Crippen LogP contribution in [-0.2, 0) is 4.74 Å². The van der Waals surface area contributed by atoms with Crippen LogP contribution in [0.25, 0.3) is 0 Å². The summed E-state index contributed by atoms with van der Waals surface area (Å²) < 4.78 is 4.81. The van der Waals surface area contributed by atoms with E-state index >= 15 is 0 Å². The summed E-state index contributed by atoms with van der Waals surface area (Å²) in [6, 6.07) is 0. The minimum atomic E-state index is -0.211. The summed E-state index contributed by atoms with van der Waals surface area (Å²) in [7, 11) is 1.66. The van der Waals surface area contributed by atoms with E-state index in [1.807, 2.05) is 6.92 Å². The van der Waals surface area contributed by atoms with E-state index in [4.69, 9.17) is 9.84 Å². The molecule has 2 N–H and O–H groups in total. The Hall–Kier alpha value is -0.120. The monoisotopic (exact) mass is 147 g/mol. The molecular weight excluding hydrogens is 130 g/mol. The number of methoxy groups -OCH3 is 1. The zero-order valence-electron chi connectivity index (χ0n) is 6.76. The van der Waals surface area contributed by atoms with E-state index in [1.54, 1.807) is 7.11 Å². The SMILES string of the molecule is CC[C@H](O)CNCCOC. The van der Waals surface area contributed by atoms with Crippen LogP contribution in [0.4, 0.5) is 0 Å². The van der Waals surface area contributed by atoms with E-state index in [-0.39, 0.29) is 6.10 Å². The number of aliphatic hydroxyl groups is 1. The summed E-state index contributed by atoms with van der Waals surface area (Å²) in [6.45, 7) is 4.15. The first-order valence-corrected chi connectivity index (χ1v) is 3.69. The predicted molar refractivity (Wildman–Crippen MR) is 41.0 cm³/mol. The molecule has 62 valence electrons. The largest absolute Gasteiger partial charge is 0.392 e. The Morgan fingerprint density at radius 1 is 1.60 bits per heavy atom. The van der Waals surface area contributed by atoms with Crippen LogP contribution < -0.4 is 5.32 Å². The highest BCUT2D eigenvalue weighted by molar-refractivity contribution is 4.55. The van der Waals surface area contributed by atoms with Crippen molar-refractivity contribution < 1.29 is 9.84 Å². The number of nitrogens with one attached hydrogen (secondary N) is 1. The molecule has 0 heterocycles. The lowest BCUT2D eigenvalue weighted by Gasteiger charge is -2.07. The summed E-state index contributed by atoms with van der Waals surface area (Å²) in [4.78, 5) is 0. The lowest BCUT2D eigenvalue weighted by Crippen LogP contribution is -2.28. The molecule has 0 aromatic heterocycles. The fourth-order valence-electron chi connectivity index (χ4n) is 0.587. The third-order valence-electron chi connectivity index (χ3n) is 1.33. The fraction of sp³-hybridized carbons (Fsp3) is 1.00. The summed E-state index contributed by atoms with van der Waals surface area (Å²) in [6.07, 6.45) is 0.594. The Bertz CT molecular complexity index is 68.6. The summed E-state index contributed by atoms with van der Waals surface area (Å²) in [5.74, 6) is 0. The van der Waals surface area contributed by atoms with Gasteiger partial charge in [-0.2, -0.15) is 0 Å².